The number of carbonyl (C=O) groups excluding carboxylic acids is 2. The Balaban J connectivity index is 2.02. The van der Waals surface area contributed by atoms with Crippen molar-refractivity contribution in [3.63, 3.8) is 0 Å². The number of tetrazole rings is 1. The highest BCUT2D eigenvalue weighted by atomic mass is 79.9. The number of hydrogen-bond donors (Lipinski definition) is 2. The number of carbonyl (C=O) groups is 2. The van der Waals surface area contributed by atoms with Gasteiger partial charge in [-0.3, -0.25) is 10.1 Å². The van der Waals surface area contributed by atoms with E-state index in [0.29, 0.717) is 12.4 Å². The quantitative estimate of drug-likeness (QED) is 0.852. The van der Waals surface area contributed by atoms with Crippen molar-refractivity contribution in [1.82, 2.24) is 30.8 Å². The van der Waals surface area contributed by atoms with Gasteiger partial charge < -0.3 is 5.32 Å². The monoisotopic (exact) mass is 352 g/mol. The third kappa shape index (κ3) is 4.09. The molecule has 0 aliphatic heterocycles. The molecule has 0 fully saturated rings. The molecule has 1 aromatic heterocycles. The zero-order valence-electron chi connectivity index (χ0n) is 11.2. The van der Waals surface area contributed by atoms with E-state index in [9.17, 15) is 9.59 Å². The number of rotatable bonds is 4. The lowest BCUT2D eigenvalue weighted by Gasteiger charge is -2.03. The summed E-state index contributed by atoms with van der Waals surface area (Å²) in [6, 6.07) is 6.87. The van der Waals surface area contributed by atoms with Gasteiger partial charge in [0.1, 0.15) is 6.54 Å². The molecule has 110 valence electrons. The molecular weight excluding hydrogens is 340 g/mol. The van der Waals surface area contributed by atoms with Crippen molar-refractivity contribution >= 4 is 27.9 Å². The SMILES string of the molecule is CCNC(=O)NC(=O)Cn1nnc(-c2ccccc2Br)n1. The van der Waals surface area contributed by atoms with E-state index in [2.05, 4.69) is 42.0 Å². The molecule has 0 atom stereocenters. The summed E-state index contributed by atoms with van der Waals surface area (Å²) < 4.78 is 0.830. The van der Waals surface area contributed by atoms with E-state index in [0.717, 1.165) is 14.8 Å². The molecular formula is C12H13BrN6O2. The summed E-state index contributed by atoms with van der Waals surface area (Å²) >= 11 is 3.39. The van der Waals surface area contributed by atoms with Crippen LogP contribution in [0.15, 0.2) is 28.7 Å². The van der Waals surface area contributed by atoms with E-state index in [-0.39, 0.29) is 6.54 Å². The van der Waals surface area contributed by atoms with Gasteiger partial charge in [-0.15, -0.1) is 10.2 Å². The first-order valence-corrected chi connectivity index (χ1v) is 7.00. The maximum atomic E-state index is 11.6. The molecule has 0 unspecified atom stereocenters. The van der Waals surface area contributed by atoms with Crippen LogP contribution in [0.25, 0.3) is 11.4 Å². The number of benzene rings is 1. The molecule has 0 spiro atoms. The van der Waals surface area contributed by atoms with E-state index in [1.54, 1.807) is 6.92 Å². The Bertz CT molecular complexity index is 657. The molecule has 2 aromatic rings. The zero-order chi connectivity index (χ0) is 15.2. The van der Waals surface area contributed by atoms with Gasteiger partial charge in [-0.2, -0.15) is 4.80 Å². The maximum Gasteiger partial charge on any atom is 0.321 e. The molecule has 8 nitrogen and oxygen atoms in total. The number of imide groups is 1. The van der Waals surface area contributed by atoms with Crippen LogP contribution in [0.1, 0.15) is 6.92 Å². The van der Waals surface area contributed by atoms with Crippen LogP contribution in [0.3, 0.4) is 0 Å². The fraction of sp³-hybridized carbons (Fsp3) is 0.250. The van der Waals surface area contributed by atoms with Crippen molar-refractivity contribution < 1.29 is 9.59 Å². The van der Waals surface area contributed by atoms with E-state index >= 15 is 0 Å². The van der Waals surface area contributed by atoms with Gasteiger partial charge in [-0.1, -0.05) is 28.1 Å². The number of nitrogens with one attached hydrogen (secondary N) is 2. The topological polar surface area (TPSA) is 102 Å². The number of amides is 3. The highest BCUT2D eigenvalue weighted by molar-refractivity contribution is 9.10. The van der Waals surface area contributed by atoms with Crippen LogP contribution >= 0.6 is 15.9 Å². The van der Waals surface area contributed by atoms with Crippen LogP contribution in [0.4, 0.5) is 4.79 Å². The summed E-state index contributed by atoms with van der Waals surface area (Å²) in [5, 5.41) is 16.4. The Labute approximate surface area is 129 Å². The summed E-state index contributed by atoms with van der Waals surface area (Å²) in [6.45, 7) is 2.01. The van der Waals surface area contributed by atoms with Crippen LogP contribution in [0.2, 0.25) is 0 Å². The Hall–Kier alpha value is -2.29. The van der Waals surface area contributed by atoms with Crippen molar-refractivity contribution in [3.05, 3.63) is 28.7 Å². The van der Waals surface area contributed by atoms with Crippen LogP contribution in [0, 0.1) is 0 Å². The van der Waals surface area contributed by atoms with Gasteiger partial charge in [0, 0.05) is 16.6 Å². The van der Waals surface area contributed by atoms with Gasteiger partial charge in [-0.05, 0) is 24.3 Å². The van der Waals surface area contributed by atoms with Gasteiger partial charge >= 0.3 is 6.03 Å². The average Bonchev–Trinajstić information content (AvgIpc) is 2.87. The Morgan fingerprint density at radius 3 is 2.81 bits per heavy atom. The number of aromatic nitrogens is 4. The van der Waals surface area contributed by atoms with Crippen molar-refractivity contribution in [2.75, 3.05) is 6.54 Å². The van der Waals surface area contributed by atoms with Crippen LogP contribution in [0.5, 0.6) is 0 Å². The lowest BCUT2D eigenvalue weighted by molar-refractivity contribution is -0.121. The molecule has 0 aliphatic carbocycles. The Morgan fingerprint density at radius 1 is 1.33 bits per heavy atom. The molecule has 2 N–H and O–H groups in total. The maximum absolute atomic E-state index is 11.6. The van der Waals surface area contributed by atoms with Crippen LogP contribution in [-0.4, -0.2) is 38.7 Å². The number of halogens is 1. The standard InChI is InChI=1S/C12H13BrN6O2/c1-2-14-12(21)15-10(20)7-19-17-11(16-18-19)8-5-3-4-6-9(8)13/h3-6H,2,7H2,1H3,(H2,14,15,20,21). The molecule has 0 radical (unpaired) electrons. The second-order valence-corrected chi connectivity index (χ2v) is 4.89. The van der Waals surface area contributed by atoms with E-state index in [1.165, 1.54) is 0 Å². The van der Waals surface area contributed by atoms with Crippen molar-refractivity contribution in [2.45, 2.75) is 13.5 Å². The van der Waals surface area contributed by atoms with Crippen LogP contribution < -0.4 is 10.6 Å². The van der Waals surface area contributed by atoms with Crippen molar-refractivity contribution in [1.29, 1.82) is 0 Å². The third-order valence-corrected chi connectivity index (χ3v) is 3.13. The van der Waals surface area contributed by atoms with Crippen molar-refractivity contribution in [3.8, 4) is 11.4 Å². The normalized spacial score (nSPS) is 10.2. The predicted molar refractivity (Wildman–Crippen MR) is 78.2 cm³/mol. The summed E-state index contributed by atoms with van der Waals surface area (Å²) in [6.07, 6.45) is 0. The minimum atomic E-state index is -0.548. The second kappa shape index (κ2) is 6.93. The van der Waals surface area contributed by atoms with Gasteiger partial charge in [0.25, 0.3) is 5.91 Å². The molecule has 9 heteroatoms. The molecule has 0 saturated heterocycles. The number of hydrogen-bond acceptors (Lipinski definition) is 5. The fourth-order valence-electron chi connectivity index (χ4n) is 1.56. The lowest BCUT2D eigenvalue weighted by atomic mass is 10.2. The molecule has 3 amide bonds. The summed E-state index contributed by atoms with van der Waals surface area (Å²) in [5.74, 6) is -0.120. The highest BCUT2D eigenvalue weighted by Gasteiger charge is 2.12. The van der Waals surface area contributed by atoms with E-state index in [4.69, 9.17) is 0 Å². The second-order valence-electron chi connectivity index (χ2n) is 4.03. The van der Waals surface area contributed by atoms with Gasteiger partial charge in [-0.25, -0.2) is 4.79 Å². The largest absolute Gasteiger partial charge is 0.338 e. The molecule has 21 heavy (non-hydrogen) atoms. The van der Waals surface area contributed by atoms with Crippen LogP contribution in [-0.2, 0) is 11.3 Å². The van der Waals surface area contributed by atoms with E-state index in [1.807, 2.05) is 24.3 Å². The molecule has 0 aliphatic rings. The lowest BCUT2D eigenvalue weighted by Crippen LogP contribution is -2.41. The molecule has 1 aromatic carbocycles. The Morgan fingerprint density at radius 2 is 2.10 bits per heavy atom. The van der Waals surface area contributed by atoms with Gasteiger partial charge in [0.15, 0.2) is 0 Å². The first-order valence-electron chi connectivity index (χ1n) is 6.20. The van der Waals surface area contributed by atoms with E-state index < -0.39 is 11.9 Å². The summed E-state index contributed by atoms with van der Waals surface area (Å²) in [7, 11) is 0. The first-order chi connectivity index (χ1) is 10.1. The minimum absolute atomic E-state index is 0.186. The van der Waals surface area contributed by atoms with Gasteiger partial charge in [0.2, 0.25) is 5.82 Å². The highest BCUT2D eigenvalue weighted by Crippen LogP contribution is 2.23. The minimum Gasteiger partial charge on any atom is -0.338 e. The Kier molecular flexibility index (Phi) is 4.99. The molecule has 0 bridgehead atoms. The summed E-state index contributed by atoms with van der Waals surface area (Å²) in [5.41, 5.74) is 0.771. The molecule has 0 saturated carbocycles. The zero-order valence-corrected chi connectivity index (χ0v) is 12.8. The van der Waals surface area contributed by atoms with Crippen molar-refractivity contribution in [2.24, 2.45) is 0 Å². The smallest absolute Gasteiger partial charge is 0.321 e. The number of urea groups is 1. The number of nitrogens with zero attached hydrogens (tertiary/aromatic N) is 4. The predicted octanol–water partition coefficient (Wildman–Crippen LogP) is 0.948. The van der Waals surface area contributed by atoms with Gasteiger partial charge in [0.05, 0.1) is 0 Å². The molecule has 1 heterocycles. The first kappa shape index (κ1) is 15.1. The molecule has 2 rings (SSSR count). The third-order valence-electron chi connectivity index (χ3n) is 2.44. The average molecular weight is 353 g/mol. The summed E-state index contributed by atoms with van der Waals surface area (Å²) in [4.78, 5) is 23.9. The fourth-order valence-corrected chi connectivity index (χ4v) is 2.02.